The molecule has 1 aliphatic rings. The van der Waals surface area contributed by atoms with Crippen molar-refractivity contribution in [3.05, 3.63) is 64.7 Å². The van der Waals surface area contributed by atoms with Crippen molar-refractivity contribution in [2.75, 3.05) is 5.32 Å². The summed E-state index contributed by atoms with van der Waals surface area (Å²) in [5, 5.41) is 5.44. The molecule has 0 saturated heterocycles. The fourth-order valence-electron chi connectivity index (χ4n) is 2.85. The molecule has 0 atom stereocenters. The van der Waals surface area contributed by atoms with Crippen molar-refractivity contribution in [3.63, 3.8) is 0 Å². The number of benzene rings is 2. The number of hydrogen-bond donors (Lipinski definition) is 2. The fourth-order valence-corrected chi connectivity index (χ4v) is 3.08. The van der Waals surface area contributed by atoms with Gasteiger partial charge in [-0.25, -0.2) is 4.79 Å². The third-order valence-electron chi connectivity index (χ3n) is 4.32. The zero-order valence-corrected chi connectivity index (χ0v) is 15.0. The van der Waals surface area contributed by atoms with E-state index in [2.05, 4.69) is 10.6 Å². The summed E-state index contributed by atoms with van der Waals surface area (Å²) >= 11 is 5.61. The van der Waals surface area contributed by atoms with Gasteiger partial charge < -0.3 is 15.4 Å². The number of anilines is 1. The van der Waals surface area contributed by atoms with Crippen LogP contribution in [0.5, 0.6) is 0 Å². The molecule has 3 rings (SSSR count). The van der Waals surface area contributed by atoms with Crippen LogP contribution in [0.2, 0.25) is 5.02 Å². The Bertz CT molecular complexity index is 793. The first kappa shape index (κ1) is 19.4. The van der Waals surface area contributed by atoms with Crippen LogP contribution in [0.25, 0.3) is 0 Å². The third-order valence-corrected chi connectivity index (χ3v) is 4.64. The normalized spacial score (nSPS) is 19.1. The lowest BCUT2D eigenvalue weighted by molar-refractivity contribution is -0.137. The van der Waals surface area contributed by atoms with Crippen LogP contribution >= 0.6 is 11.6 Å². The Morgan fingerprint density at radius 2 is 1.81 bits per heavy atom. The number of hydrogen-bond acceptors (Lipinski definition) is 3. The molecule has 0 heterocycles. The summed E-state index contributed by atoms with van der Waals surface area (Å²) in [5.74, 6) is 0. The zero-order chi connectivity index (χ0) is 19.4. The second-order valence-electron chi connectivity index (χ2n) is 6.41. The van der Waals surface area contributed by atoms with Crippen molar-refractivity contribution in [1.82, 2.24) is 5.32 Å². The van der Waals surface area contributed by atoms with Gasteiger partial charge in [0.25, 0.3) is 0 Å². The molecule has 1 aliphatic carbocycles. The van der Waals surface area contributed by atoms with Gasteiger partial charge in [-0.1, -0.05) is 41.9 Å². The third kappa shape index (κ3) is 5.29. The van der Waals surface area contributed by atoms with Gasteiger partial charge in [0, 0.05) is 17.8 Å². The average molecular weight is 399 g/mol. The molecule has 0 unspecified atom stereocenters. The van der Waals surface area contributed by atoms with Gasteiger partial charge in [0.05, 0.1) is 10.6 Å². The van der Waals surface area contributed by atoms with E-state index in [9.17, 15) is 18.0 Å². The minimum absolute atomic E-state index is 0.0216. The van der Waals surface area contributed by atoms with Crippen LogP contribution in [0.1, 0.15) is 24.0 Å². The molecule has 144 valence electrons. The molecular formula is C19H18ClF3N2O2. The maximum Gasteiger partial charge on any atom is 0.417 e. The molecule has 2 aromatic rings. The average Bonchev–Trinajstić information content (AvgIpc) is 2.59. The quantitative estimate of drug-likeness (QED) is 0.725. The number of carbonyl (C=O) groups is 1. The van der Waals surface area contributed by atoms with Crippen molar-refractivity contribution in [2.45, 2.75) is 37.7 Å². The summed E-state index contributed by atoms with van der Waals surface area (Å²) < 4.78 is 43.8. The first-order chi connectivity index (χ1) is 12.8. The predicted octanol–water partition coefficient (Wildman–Crippen LogP) is 5.23. The SMILES string of the molecule is O=C(NC1CC(Nc2ccc(Cl)c(C(F)(F)F)c2)C1)OCc1ccccc1. The van der Waals surface area contributed by atoms with Crippen molar-refractivity contribution in [3.8, 4) is 0 Å². The summed E-state index contributed by atoms with van der Waals surface area (Å²) in [4.78, 5) is 11.8. The Balaban J connectivity index is 1.43. The number of alkyl carbamates (subject to hydrolysis) is 1. The smallest absolute Gasteiger partial charge is 0.417 e. The molecule has 4 nitrogen and oxygen atoms in total. The Morgan fingerprint density at radius 3 is 2.48 bits per heavy atom. The first-order valence-electron chi connectivity index (χ1n) is 8.42. The molecule has 27 heavy (non-hydrogen) atoms. The minimum atomic E-state index is -4.50. The molecule has 0 spiro atoms. The Morgan fingerprint density at radius 1 is 1.11 bits per heavy atom. The summed E-state index contributed by atoms with van der Waals surface area (Å²) in [6, 6.07) is 13.0. The van der Waals surface area contributed by atoms with Gasteiger partial charge in [-0.3, -0.25) is 0 Å². The van der Waals surface area contributed by atoms with Crippen LogP contribution in [0.4, 0.5) is 23.7 Å². The molecule has 2 N–H and O–H groups in total. The van der Waals surface area contributed by atoms with E-state index in [1.807, 2.05) is 30.3 Å². The zero-order valence-electron chi connectivity index (χ0n) is 14.2. The number of amides is 1. The number of alkyl halides is 3. The topological polar surface area (TPSA) is 50.4 Å². The Kier molecular flexibility index (Phi) is 5.79. The second-order valence-corrected chi connectivity index (χ2v) is 6.82. The maximum atomic E-state index is 12.9. The van der Waals surface area contributed by atoms with Crippen LogP contribution in [0, 0.1) is 0 Å². The van der Waals surface area contributed by atoms with Crippen LogP contribution in [0.3, 0.4) is 0 Å². The molecule has 0 aliphatic heterocycles. The summed E-state index contributed by atoms with van der Waals surface area (Å²) in [5.41, 5.74) is 0.374. The first-order valence-corrected chi connectivity index (χ1v) is 8.79. The highest BCUT2D eigenvalue weighted by Crippen LogP contribution is 2.37. The summed E-state index contributed by atoms with van der Waals surface area (Å²) in [6.07, 6.45) is -3.80. The molecular weight excluding hydrogens is 381 g/mol. The van der Waals surface area contributed by atoms with Gasteiger partial charge in [-0.05, 0) is 36.6 Å². The van der Waals surface area contributed by atoms with Crippen LogP contribution in [-0.2, 0) is 17.5 Å². The molecule has 1 saturated carbocycles. The number of ether oxygens (including phenoxy) is 1. The van der Waals surface area contributed by atoms with Gasteiger partial charge in [-0.15, -0.1) is 0 Å². The molecule has 1 fully saturated rings. The number of rotatable bonds is 5. The second kappa shape index (κ2) is 8.08. The van der Waals surface area contributed by atoms with Gasteiger partial charge in [0.2, 0.25) is 0 Å². The monoisotopic (exact) mass is 398 g/mol. The van der Waals surface area contributed by atoms with E-state index in [1.165, 1.54) is 12.1 Å². The Labute approximate surface area is 159 Å². The summed E-state index contributed by atoms with van der Waals surface area (Å²) in [7, 11) is 0. The largest absolute Gasteiger partial charge is 0.445 e. The molecule has 2 aromatic carbocycles. The van der Waals surface area contributed by atoms with E-state index in [-0.39, 0.29) is 23.7 Å². The molecule has 1 amide bonds. The van der Waals surface area contributed by atoms with Crippen molar-refractivity contribution >= 4 is 23.4 Å². The van der Waals surface area contributed by atoms with E-state index < -0.39 is 17.8 Å². The lowest BCUT2D eigenvalue weighted by Crippen LogP contribution is -2.49. The minimum Gasteiger partial charge on any atom is -0.445 e. The van der Waals surface area contributed by atoms with Crippen LogP contribution in [0.15, 0.2) is 48.5 Å². The highest BCUT2D eigenvalue weighted by Gasteiger charge is 2.34. The Hall–Kier alpha value is -2.41. The van der Waals surface area contributed by atoms with Gasteiger partial charge >= 0.3 is 12.3 Å². The molecule has 0 bridgehead atoms. The molecule has 0 radical (unpaired) electrons. The number of halogens is 4. The number of carbonyl (C=O) groups excluding carboxylic acids is 1. The predicted molar refractivity (Wildman–Crippen MR) is 96.6 cm³/mol. The van der Waals surface area contributed by atoms with Gasteiger partial charge in [0.15, 0.2) is 0 Å². The van der Waals surface area contributed by atoms with E-state index in [0.29, 0.717) is 18.5 Å². The van der Waals surface area contributed by atoms with Crippen LogP contribution < -0.4 is 10.6 Å². The van der Waals surface area contributed by atoms with Crippen LogP contribution in [-0.4, -0.2) is 18.2 Å². The van der Waals surface area contributed by atoms with Crippen molar-refractivity contribution in [2.24, 2.45) is 0 Å². The van der Waals surface area contributed by atoms with E-state index in [1.54, 1.807) is 0 Å². The van der Waals surface area contributed by atoms with Crippen molar-refractivity contribution < 1.29 is 22.7 Å². The standard InChI is InChI=1S/C19H18ClF3N2O2/c20-17-7-6-13(10-16(17)19(21,22)23)24-14-8-15(9-14)25-18(26)27-11-12-4-2-1-3-5-12/h1-7,10,14-15,24H,8-9,11H2,(H,25,26). The van der Waals surface area contributed by atoms with Crippen molar-refractivity contribution in [1.29, 1.82) is 0 Å². The maximum absolute atomic E-state index is 12.9. The summed E-state index contributed by atoms with van der Waals surface area (Å²) in [6.45, 7) is 0.187. The van der Waals surface area contributed by atoms with Gasteiger partial charge in [0.1, 0.15) is 6.61 Å². The van der Waals surface area contributed by atoms with Gasteiger partial charge in [-0.2, -0.15) is 13.2 Å². The number of nitrogens with one attached hydrogen (secondary N) is 2. The highest BCUT2D eigenvalue weighted by molar-refractivity contribution is 6.31. The van der Waals surface area contributed by atoms with E-state index >= 15 is 0 Å². The molecule has 8 heteroatoms. The lowest BCUT2D eigenvalue weighted by atomic mass is 9.86. The highest BCUT2D eigenvalue weighted by atomic mass is 35.5. The molecule has 0 aromatic heterocycles. The van der Waals surface area contributed by atoms with E-state index in [4.69, 9.17) is 16.3 Å². The lowest BCUT2D eigenvalue weighted by Gasteiger charge is -2.36. The van der Waals surface area contributed by atoms with E-state index in [0.717, 1.165) is 11.6 Å². The fraction of sp³-hybridized carbons (Fsp3) is 0.316.